The fourth-order valence-electron chi connectivity index (χ4n) is 1.34. The second kappa shape index (κ2) is 2.82. The third-order valence-electron chi connectivity index (χ3n) is 2.68. The average molecular weight is 246 g/mol. The smallest absolute Gasteiger partial charge is 0.0444 e. The molecule has 1 aliphatic rings. The van der Waals surface area contributed by atoms with E-state index in [1.807, 2.05) is 0 Å². The van der Waals surface area contributed by atoms with Gasteiger partial charge in [0.2, 0.25) is 0 Å². The quantitative estimate of drug-likeness (QED) is 0.851. The molecule has 0 bridgehead atoms. The molecule has 12 heavy (non-hydrogen) atoms. The van der Waals surface area contributed by atoms with Crippen molar-refractivity contribution >= 4 is 27.3 Å². The Morgan fingerprint density at radius 1 is 1.67 bits per heavy atom. The lowest BCUT2D eigenvalue weighted by atomic mass is 9.99. The van der Waals surface area contributed by atoms with Gasteiger partial charge in [0.1, 0.15) is 0 Å². The van der Waals surface area contributed by atoms with Crippen LogP contribution in [0, 0.1) is 5.41 Å². The fraction of sp³-hybridized carbons (Fsp3) is 0.556. The molecule has 0 aromatic carbocycles. The van der Waals surface area contributed by atoms with E-state index in [4.69, 9.17) is 5.73 Å². The maximum Gasteiger partial charge on any atom is 0.0444 e. The summed E-state index contributed by atoms with van der Waals surface area (Å²) in [5.74, 6) is 0. The first-order valence-electron chi connectivity index (χ1n) is 4.11. The Bertz CT molecular complexity index is 290. The van der Waals surface area contributed by atoms with Crippen molar-refractivity contribution in [1.82, 2.24) is 0 Å². The Morgan fingerprint density at radius 2 is 2.33 bits per heavy atom. The second-order valence-corrected chi connectivity index (χ2v) is 5.66. The van der Waals surface area contributed by atoms with Gasteiger partial charge >= 0.3 is 0 Å². The van der Waals surface area contributed by atoms with E-state index >= 15 is 0 Å². The number of nitrogens with two attached hydrogens (primary N) is 1. The molecule has 1 aromatic heterocycles. The number of hydrogen-bond acceptors (Lipinski definition) is 2. The summed E-state index contributed by atoms with van der Waals surface area (Å²) < 4.78 is 1.15. The van der Waals surface area contributed by atoms with E-state index in [-0.39, 0.29) is 6.04 Å². The van der Waals surface area contributed by atoms with Crippen LogP contribution in [0.5, 0.6) is 0 Å². The van der Waals surface area contributed by atoms with E-state index in [1.54, 1.807) is 11.3 Å². The van der Waals surface area contributed by atoms with Gasteiger partial charge in [-0.05, 0) is 40.3 Å². The summed E-state index contributed by atoms with van der Waals surface area (Å²) >= 11 is 5.20. The Hall–Kier alpha value is 0.140. The Kier molecular flexibility index (Phi) is 2.05. The highest BCUT2D eigenvalue weighted by Crippen LogP contribution is 2.54. The number of halogens is 1. The van der Waals surface area contributed by atoms with Crippen LogP contribution in [0.2, 0.25) is 0 Å². The molecule has 2 N–H and O–H groups in total. The van der Waals surface area contributed by atoms with E-state index in [1.165, 1.54) is 17.7 Å². The number of rotatable bonds is 2. The monoisotopic (exact) mass is 245 g/mol. The van der Waals surface area contributed by atoms with Crippen molar-refractivity contribution in [1.29, 1.82) is 0 Å². The van der Waals surface area contributed by atoms with E-state index in [2.05, 4.69) is 34.3 Å². The summed E-state index contributed by atoms with van der Waals surface area (Å²) in [6.45, 7) is 2.27. The van der Waals surface area contributed by atoms with E-state index in [0.29, 0.717) is 5.41 Å². The Balaban J connectivity index is 2.19. The molecule has 66 valence electrons. The SMILES string of the molecule is CC1(C(N)c2cc(Br)cs2)CC1. The number of hydrogen-bond donors (Lipinski definition) is 1. The minimum absolute atomic E-state index is 0.244. The van der Waals surface area contributed by atoms with Gasteiger partial charge in [0.05, 0.1) is 0 Å². The molecular formula is C9H12BrNS. The zero-order valence-corrected chi connectivity index (χ0v) is 9.41. The molecular weight excluding hydrogens is 234 g/mol. The standard InChI is InChI=1S/C9H12BrNS/c1-9(2-3-9)8(11)7-4-6(10)5-12-7/h4-5,8H,2-3,11H2,1H3. The van der Waals surface area contributed by atoms with Gasteiger partial charge in [0.15, 0.2) is 0 Å². The molecule has 1 nitrogen and oxygen atoms in total. The van der Waals surface area contributed by atoms with Gasteiger partial charge in [0.25, 0.3) is 0 Å². The van der Waals surface area contributed by atoms with Gasteiger partial charge in [-0.25, -0.2) is 0 Å². The van der Waals surface area contributed by atoms with Crippen molar-refractivity contribution in [2.45, 2.75) is 25.8 Å². The zero-order valence-electron chi connectivity index (χ0n) is 7.01. The van der Waals surface area contributed by atoms with Gasteiger partial charge in [0, 0.05) is 20.8 Å². The molecule has 2 rings (SSSR count). The van der Waals surface area contributed by atoms with Crippen molar-refractivity contribution in [3.63, 3.8) is 0 Å². The zero-order chi connectivity index (χ0) is 8.77. The van der Waals surface area contributed by atoms with Crippen molar-refractivity contribution in [2.24, 2.45) is 11.1 Å². The topological polar surface area (TPSA) is 26.0 Å². The van der Waals surface area contributed by atoms with Crippen molar-refractivity contribution in [2.75, 3.05) is 0 Å². The molecule has 1 unspecified atom stereocenters. The lowest BCUT2D eigenvalue weighted by Crippen LogP contribution is -2.18. The van der Waals surface area contributed by atoms with Crippen LogP contribution in [0.15, 0.2) is 15.9 Å². The highest BCUT2D eigenvalue weighted by molar-refractivity contribution is 9.10. The summed E-state index contributed by atoms with van der Waals surface area (Å²) in [4.78, 5) is 1.31. The van der Waals surface area contributed by atoms with Gasteiger partial charge in [-0.2, -0.15) is 0 Å². The third-order valence-corrected chi connectivity index (χ3v) is 4.46. The normalized spacial score (nSPS) is 22.2. The summed E-state index contributed by atoms with van der Waals surface area (Å²) in [7, 11) is 0. The van der Waals surface area contributed by atoms with Gasteiger partial charge in [-0.1, -0.05) is 6.92 Å². The maximum atomic E-state index is 6.14. The summed E-state index contributed by atoms with van der Waals surface area (Å²) in [6, 6.07) is 2.38. The molecule has 0 spiro atoms. The highest BCUT2D eigenvalue weighted by atomic mass is 79.9. The molecule has 1 aliphatic carbocycles. The van der Waals surface area contributed by atoms with Crippen LogP contribution < -0.4 is 5.73 Å². The first-order valence-corrected chi connectivity index (χ1v) is 5.79. The van der Waals surface area contributed by atoms with Gasteiger partial charge < -0.3 is 5.73 Å². The maximum absolute atomic E-state index is 6.14. The predicted molar refractivity (Wildman–Crippen MR) is 56.3 cm³/mol. The van der Waals surface area contributed by atoms with Gasteiger partial charge in [-0.3, -0.25) is 0 Å². The van der Waals surface area contributed by atoms with E-state index < -0.39 is 0 Å². The summed E-state index contributed by atoms with van der Waals surface area (Å²) in [6.07, 6.45) is 2.56. The van der Waals surface area contributed by atoms with E-state index in [9.17, 15) is 0 Å². The molecule has 3 heteroatoms. The molecule has 1 heterocycles. The first kappa shape index (κ1) is 8.73. The summed E-state index contributed by atoms with van der Waals surface area (Å²) in [5, 5.41) is 2.10. The van der Waals surface area contributed by atoms with Crippen LogP contribution in [0.1, 0.15) is 30.7 Å². The molecule has 1 atom stereocenters. The predicted octanol–water partition coefficient (Wildman–Crippen LogP) is 3.31. The fourth-order valence-corrected chi connectivity index (χ4v) is 2.96. The Morgan fingerprint density at radius 3 is 2.75 bits per heavy atom. The molecule has 0 saturated heterocycles. The van der Waals surface area contributed by atoms with Crippen molar-refractivity contribution < 1.29 is 0 Å². The van der Waals surface area contributed by atoms with E-state index in [0.717, 1.165) is 4.47 Å². The van der Waals surface area contributed by atoms with Crippen LogP contribution in [0.25, 0.3) is 0 Å². The van der Waals surface area contributed by atoms with Gasteiger partial charge in [-0.15, -0.1) is 11.3 Å². The van der Waals surface area contributed by atoms with Crippen molar-refractivity contribution in [3.05, 3.63) is 20.8 Å². The second-order valence-electron chi connectivity index (χ2n) is 3.80. The molecule has 1 fully saturated rings. The van der Waals surface area contributed by atoms with Crippen molar-refractivity contribution in [3.8, 4) is 0 Å². The minimum atomic E-state index is 0.244. The van der Waals surface area contributed by atoms with Crippen LogP contribution in [-0.4, -0.2) is 0 Å². The molecule has 0 aliphatic heterocycles. The molecule has 0 amide bonds. The summed E-state index contributed by atoms with van der Waals surface area (Å²) in [5.41, 5.74) is 6.53. The molecule has 1 aromatic rings. The third kappa shape index (κ3) is 1.45. The number of thiophene rings is 1. The van der Waals surface area contributed by atoms with Crippen LogP contribution in [-0.2, 0) is 0 Å². The van der Waals surface area contributed by atoms with Crippen LogP contribution in [0.3, 0.4) is 0 Å². The lowest BCUT2D eigenvalue weighted by Gasteiger charge is -2.16. The molecule has 1 saturated carbocycles. The molecule has 0 radical (unpaired) electrons. The largest absolute Gasteiger partial charge is 0.323 e. The van der Waals surface area contributed by atoms with Crippen LogP contribution >= 0.6 is 27.3 Å². The van der Waals surface area contributed by atoms with Crippen LogP contribution in [0.4, 0.5) is 0 Å². The average Bonchev–Trinajstić information content (AvgIpc) is 2.62. The highest BCUT2D eigenvalue weighted by Gasteiger charge is 2.44. The minimum Gasteiger partial charge on any atom is -0.323 e. The Labute approximate surface area is 85.1 Å². The first-order chi connectivity index (χ1) is 5.62. The lowest BCUT2D eigenvalue weighted by molar-refractivity contribution is 0.457.